The van der Waals surface area contributed by atoms with Gasteiger partial charge in [0.15, 0.2) is 0 Å². The lowest BCUT2D eigenvalue weighted by molar-refractivity contribution is -0.134. The minimum Gasteiger partial charge on any atom is -0.324 e. The van der Waals surface area contributed by atoms with Crippen LogP contribution in [0.25, 0.3) is 0 Å². The summed E-state index contributed by atoms with van der Waals surface area (Å²) in [5.74, 6) is -0.733. The molecule has 1 saturated heterocycles. The summed E-state index contributed by atoms with van der Waals surface area (Å²) in [6, 6.07) is 12.9. The summed E-state index contributed by atoms with van der Waals surface area (Å²) < 4.78 is 0. The summed E-state index contributed by atoms with van der Waals surface area (Å²) in [6.07, 6.45) is 2.24. The van der Waals surface area contributed by atoms with E-state index < -0.39 is 11.6 Å². The van der Waals surface area contributed by atoms with Gasteiger partial charge in [0.2, 0.25) is 5.91 Å². The maximum atomic E-state index is 13.2. The van der Waals surface area contributed by atoms with Crippen molar-refractivity contribution in [1.29, 1.82) is 0 Å². The molecule has 0 saturated carbocycles. The second-order valence-electron chi connectivity index (χ2n) is 7.55. The normalized spacial score (nSPS) is 20.9. The third-order valence-electron chi connectivity index (χ3n) is 5.70. The Morgan fingerprint density at radius 1 is 1.11 bits per heavy atom. The Morgan fingerprint density at radius 3 is 2.57 bits per heavy atom. The molecule has 0 unspecified atom stereocenters. The fourth-order valence-electron chi connectivity index (χ4n) is 4.29. The Labute approximate surface area is 163 Å². The number of urea groups is 1. The first-order valence-electron chi connectivity index (χ1n) is 9.51. The average Bonchev–Trinajstić information content (AvgIpc) is 2.90. The smallest absolute Gasteiger partial charge is 0.324 e. The van der Waals surface area contributed by atoms with Crippen molar-refractivity contribution < 1.29 is 14.4 Å². The van der Waals surface area contributed by atoms with Gasteiger partial charge in [-0.25, -0.2) is 4.79 Å². The second kappa shape index (κ2) is 6.78. The summed E-state index contributed by atoms with van der Waals surface area (Å²) in [6.45, 7) is 3.51. The van der Waals surface area contributed by atoms with Crippen LogP contribution in [0.2, 0.25) is 0 Å². The molecule has 1 spiro atoms. The van der Waals surface area contributed by atoms with Gasteiger partial charge in [-0.2, -0.15) is 0 Å². The number of fused-ring (bicyclic) bond motifs is 2. The first kappa shape index (κ1) is 18.2. The monoisotopic (exact) mass is 377 g/mol. The molecule has 0 bridgehead atoms. The number of anilines is 1. The van der Waals surface area contributed by atoms with E-state index in [1.54, 1.807) is 0 Å². The maximum absolute atomic E-state index is 13.2. The highest BCUT2D eigenvalue weighted by molar-refractivity contribution is 6.10. The molecule has 6 heteroatoms. The minimum absolute atomic E-state index is 0.303. The number of aryl methyl sites for hydroxylation is 3. The molecule has 28 heavy (non-hydrogen) atoms. The van der Waals surface area contributed by atoms with Crippen molar-refractivity contribution in [3.8, 4) is 0 Å². The van der Waals surface area contributed by atoms with Gasteiger partial charge in [-0.05, 0) is 55.4 Å². The van der Waals surface area contributed by atoms with E-state index in [4.69, 9.17) is 0 Å². The SMILES string of the molecule is Cc1cccc(C)c1NC(=O)CN1C(=O)N[C@]2(CCCc3ccccc32)C1=O. The Hall–Kier alpha value is -3.15. The molecule has 1 atom stereocenters. The minimum atomic E-state index is -1.05. The molecule has 0 radical (unpaired) electrons. The Balaban J connectivity index is 1.57. The Kier molecular flexibility index (Phi) is 4.41. The average molecular weight is 377 g/mol. The summed E-state index contributed by atoms with van der Waals surface area (Å²) in [5, 5.41) is 5.72. The van der Waals surface area contributed by atoms with Gasteiger partial charge in [0.05, 0.1) is 0 Å². The number of carbonyl (C=O) groups is 3. The zero-order valence-corrected chi connectivity index (χ0v) is 16.0. The molecule has 1 aliphatic carbocycles. The topological polar surface area (TPSA) is 78.5 Å². The van der Waals surface area contributed by atoms with E-state index in [0.29, 0.717) is 6.42 Å². The number of para-hydroxylation sites is 1. The predicted octanol–water partition coefficient (Wildman–Crippen LogP) is 3.03. The van der Waals surface area contributed by atoms with E-state index in [-0.39, 0.29) is 18.4 Å². The van der Waals surface area contributed by atoms with Gasteiger partial charge in [-0.15, -0.1) is 0 Å². The summed E-state index contributed by atoms with van der Waals surface area (Å²) in [4.78, 5) is 39.5. The van der Waals surface area contributed by atoms with Gasteiger partial charge < -0.3 is 10.6 Å². The van der Waals surface area contributed by atoms with E-state index >= 15 is 0 Å². The fraction of sp³-hybridized carbons (Fsp3) is 0.318. The molecule has 144 valence electrons. The maximum Gasteiger partial charge on any atom is 0.325 e. The van der Waals surface area contributed by atoms with Crippen LogP contribution in [0.5, 0.6) is 0 Å². The van der Waals surface area contributed by atoms with E-state index in [9.17, 15) is 14.4 Å². The van der Waals surface area contributed by atoms with Crippen molar-refractivity contribution in [2.24, 2.45) is 0 Å². The van der Waals surface area contributed by atoms with Crippen LogP contribution in [0, 0.1) is 13.8 Å². The largest absolute Gasteiger partial charge is 0.325 e. The Bertz CT molecular complexity index is 964. The van der Waals surface area contributed by atoms with E-state index in [2.05, 4.69) is 10.6 Å². The van der Waals surface area contributed by atoms with Crippen LogP contribution < -0.4 is 10.6 Å². The van der Waals surface area contributed by atoms with E-state index in [0.717, 1.165) is 45.7 Å². The molecule has 4 rings (SSSR count). The molecule has 6 nitrogen and oxygen atoms in total. The zero-order valence-electron chi connectivity index (χ0n) is 16.0. The fourth-order valence-corrected chi connectivity index (χ4v) is 4.29. The van der Waals surface area contributed by atoms with E-state index in [1.807, 2.05) is 56.3 Å². The van der Waals surface area contributed by atoms with Crippen molar-refractivity contribution in [3.05, 3.63) is 64.7 Å². The predicted molar refractivity (Wildman–Crippen MR) is 106 cm³/mol. The third kappa shape index (κ3) is 2.85. The quantitative estimate of drug-likeness (QED) is 0.807. The lowest BCUT2D eigenvalue weighted by Crippen LogP contribution is -2.47. The van der Waals surface area contributed by atoms with Crippen molar-refractivity contribution in [1.82, 2.24) is 10.2 Å². The second-order valence-corrected chi connectivity index (χ2v) is 7.55. The molecule has 2 aromatic carbocycles. The number of rotatable bonds is 3. The standard InChI is InChI=1S/C22H23N3O3/c1-14-7-5-8-15(2)19(14)23-18(26)13-25-20(27)22(24-21(25)28)12-6-10-16-9-3-4-11-17(16)22/h3-5,7-9,11H,6,10,12-13H2,1-2H3,(H,23,26)(H,24,28)/t22-/m0/s1. The van der Waals surface area contributed by atoms with Crippen LogP contribution in [0.3, 0.4) is 0 Å². The first-order valence-corrected chi connectivity index (χ1v) is 9.51. The van der Waals surface area contributed by atoms with Crippen LogP contribution in [-0.4, -0.2) is 29.3 Å². The molecule has 0 aromatic heterocycles. The summed E-state index contributed by atoms with van der Waals surface area (Å²) in [7, 11) is 0. The van der Waals surface area contributed by atoms with Crippen LogP contribution in [-0.2, 0) is 21.5 Å². The number of nitrogens with zero attached hydrogens (tertiary/aromatic N) is 1. The summed E-state index contributed by atoms with van der Waals surface area (Å²) >= 11 is 0. The van der Waals surface area contributed by atoms with E-state index in [1.165, 1.54) is 0 Å². The van der Waals surface area contributed by atoms with Crippen LogP contribution in [0.1, 0.15) is 35.1 Å². The number of hydrogen-bond acceptors (Lipinski definition) is 3. The highest BCUT2D eigenvalue weighted by Crippen LogP contribution is 2.39. The Morgan fingerprint density at radius 2 is 1.82 bits per heavy atom. The van der Waals surface area contributed by atoms with Gasteiger partial charge in [-0.1, -0.05) is 42.5 Å². The summed E-state index contributed by atoms with van der Waals surface area (Å²) in [5.41, 5.74) is 3.45. The highest BCUT2D eigenvalue weighted by atomic mass is 16.2. The molecule has 1 heterocycles. The third-order valence-corrected chi connectivity index (χ3v) is 5.70. The molecular formula is C22H23N3O3. The molecule has 2 N–H and O–H groups in total. The molecule has 1 fully saturated rings. The number of benzene rings is 2. The molecule has 2 aromatic rings. The number of nitrogens with one attached hydrogen (secondary N) is 2. The van der Waals surface area contributed by atoms with Gasteiger partial charge in [0.1, 0.15) is 12.1 Å². The zero-order chi connectivity index (χ0) is 19.9. The van der Waals surface area contributed by atoms with Gasteiger partial charge in [0.25, 0.3) is 5.91 Å². The van der Waals surface area contributed by atoms with Crippen molar-refractivity contribution in [3.63, 3.8) is 0 Å². The van der Waals surface area contributed by atoms with Crippen molar-refractivity contribution in [2.75, 3.05) is 11.9 Å². The lowest BCUT2D eigenvalue weighted by atomic mass is 9.76. The van der Waals surface area contributed by atoms with Crippen LogP contribution in [0.15, 0.2) is 42.5 Å². The van der Waals surface area contributed by atoms with Crippen molar-refractivity contribution in [2.45, 2.75) is 38.6 Å². The van der Waals surface area contributed by atoms with Crippen LogP contribution in [0.4, 0.5) is 10.5 Å². The number of imide groups is 1. The molecule has 1 aliphatic heterocycles. The van der Waals surface area contributed by atoms with Gasteiger partial charge in [0, 0.05) is 5.69 Å². The van der Waals surface area contributed by atoms with Gasteiger partial charge in [-0.3, -0.25) is 14.5 Å². The molecule has 4 amide bonds. The number of amides is 4. The van der Waals surface area contributed by atoms with Crippen LogP contribution >= 0.6 is 0 Å². The highest BCUT2D eigenvalue weighted by Gasteiger charge is 2.54. The number of carbonyl (C=O) groups excluding carboxylic acids is 3. The number of hydrogen-bond donors (Lipinski definition) is 2. The lowest BCUT2D eigenvalue weighted by Gasteiger charge is -2.33. The molecular weight excluding hydrogens is 354 g/mol. The van der Waals surface area contributed by atoms with Gasteiger partial charge >= 0.3 is 6.03 Å². The van der Waals surface area contributed by atoms with Crippen molar-refractivity contribution >= 4 is 23.5 Å². The first-order chi connectivity index (χ1) is 13.4. The molecule has 2 aliphatic rings.